The third-order valence-corrected chi connectivity index (χ3v) is 5.97. The van der Waals surface area contributed by atoms with E-state index in [1.807, 2.05) is 30.3 Å². The summed E-state index contributed by atoms with van der Waals surface area (Å²) < 4.78 is 60.9. The average Bonchev–Trinajstić information content (AvgIpc) is 2.63. The van der Waals surface area contributed by atoms with Gasteiger partial charge in [-0.2, -0.15) is 13.1 Å². The first-order valence-corrected chi connectivity index (χ1v) is 10.3. The molecule has 4 rings (SSSR count). The Kier molecular flexibility index (Phi) is 4.55. The van der Waals surface area contributed by atoms with E-state index in [9.17, 15) is 17.2 Å². The summed E-state index contributed by atoms with van der Waals surface area (Å²) in [5, 5.41) is 0. The molecule has 0 spiro atoms. The molecule has 2 aromatic carbocycles. The zero-order chi connectivity index (χ0) is 19.1. The number of benzene rings is 2. The number of anilines is 1. The van der Waals surface area contributed by atoms with Gasteiger partial charge in [0, 0.05) is 24.9 Å². The maximum atomic E-state index is 13.2. The van der Waals surface area contributed by atoms with Crippen molar-refractivity contribution in [3.05, 3.63) is 48.0 Å². The third-order valence-electron chi connectivity index (χ3n) is 4.97. The fourth-order valence-corrected chi connectivity index (χ4v) is 4.42. The van der Waals surface area contributed by atoms with Crippen LogP contribution >= 0.6 is 0 Å². The van der Waals surface area contributed by atoms with Gasteiger partial charge in [-0.05, 0) is 36.1 Å². The fraction of sp³-hybridized carbons (Fsp3) is 0.368. The van der Waals surface area contributed by atoms with Gasteiger partial charge in [0.05, 0.1) is 11.8 Å². The number of hydrogen-bond donors (Lipinski definition) is 2. The summed E-state index contributed by atoms with van der Waals surface area (Å²) in [6.45, 7) is 0.242. The van der Waals surface area contributed by atoms with E-state index >= 15 is 0 Å². The lowest BCUT2D eigenvalue weighted by Crippen LogP contribution is -2.34. The van der Waals surface area contributed by atoms with Crippen LogP contribution in [0.2, 0.25) is 0 Å². The summed E-state index contributed by atoms with van der Waals surface area (Å²) in [7, 11) is -3.55. The SMILES string of the molecule is O=S1(=O)NCc2cccc(-c3ccc(OC4CCC(F)(F)CC4)cc3)c2N1. The first-order valence-electron chi connectivity index (χ1n) is 8.86. The molecule has 1 saturated carbocycles. The Balaban J connectivity index is 1.52. The highest BCUT2D eigenvalue weighted by Gasteiger charge is 2.35. The molecule has 0 amide bonds. The predicted molar refractivity (Wildman–Crippen MR) is 99.1 cm³/mol. The van der Waals surface area contributed by atoms with Crippen LogP contribution in [0.3, 0.4) is 0 Å². The van der Waals surface area contributed by atoms with Gasteiger partial charge in [-0.15, -0.1) is 0 Å². The molecule has 0 atom stereocenters. The zero-order valence-electron chi connectivity index (χ0n) is 14.5. The summed E-state index contributed by atoms with van der Waals surface area (Å²) in [6, 6.07) is 12.9. The van der Waals surface area contributed by atoms with Crippen molar-refractivity contribution in [3.63, 3.8) is 0 Å². The van der Waals surface area contributed by atoms with E-state index in [0.717, 1.165) is 16.7 Å². The molecule has 27 heavy (non-hydrogen) atoms. The number of ether oxygens (including phenoxy) is 1. The summed E-state index contributed by atoms with van der Waals surface area (Å²) >= 11 is 0. The van der Waals surface area contributed by atoms with Crippen molar-refractivity contribution in [1.29, 1.82) is 0 Å². The highest BCUT2D eigenvalue weighted by molar-refractivity contribution is 7.90. The van der Waals surface area contributed by atoms with Gasteiger partial charge < -0.3 is 4.74 Å². The molecule has 8 heteroatoms. The number of hydrogen-bond acceptors (Lipinski definition) is 3. The highest BCUT2D eigenvalue weighted by atomic mass is 32.2. The van der Waals surface area contributed by atoms with Crippen LogP contribution in [0.15, 0.2) is 42.5 Å². The normalized spacial score (nSPS) is 21.1. The van der Waals surface area contributed by atoms with Gasteiger partial charge in [0.15, 0.2) is 0 Å². The molecule has 1 heterocycles. The number of para-hydroxylation sites is 1. The number of nitrogens with one attached hydrogen (secondary N) is 2. The summed E-state index contributed by atoms with van der Waals surface area (Å²) in [5.41, 5.74) is 3.06. The van der Waals surface area contributed by atoms with Gasteiger partial charge in [-0.3, -0.25) is 4.72 Å². The molecule has 0 aromatic heterocycles. The minimum atomic E-state index is -3.55. The minimum Gasteiger partial charge on any atom is -0.490 e. The molecule has 2 aromatic rings. The molecule has 2 N–H and O–H groups in total. The monoisotopic (exact) mass is 394 g/mol. The molecule has 0 unspecified atom stereocenters. The largest absolute Gasteiger partial charge is 0.490 e. The second kappa shape index (κ2) is 6.76. The Labute approximate surface area is 156 Å². The Bertz CT molecular complexity index is 936. The van der Waals surface area contributed by atoms with Gasteiger partial charge >= 0.3 is 0 Å². The van der Waals surface area contributed by atoms with Crippen molar-refractivity contribution in [2.75, 3.05) is 4.72 Å². The number of rotatable bonds is 3. The average molecular weight is 394 g/mol. The molecule has 0 saturated heterocycles. The van der Waals surface area contributed by atoms with E-state index in [0.29, 0.717) is 24.3 Å². The van der Waals surface area contributed by atoms with Crippen LogP contribution in [-0.4, -0.2) is 20.4 Å². The lowest BCUT2D eigenvalue weighted by atomic mass is 9.94. The zero-order valence-corrected chi connectivity index (χ0v) is 15.4. The van der Waals surface area contributed by atoms with Crippen LogP contribution in [0.1, 0.15) is 31.2 Å². The predicted octanol–water partition coefficient (Wildman–Crippen LogP) is 4.07. The molecule has 0 bridgehead atoms. The van der Waals surface area contributed by atoms with Crippen LogP contribution in [0, 0.1) is 0 Å². The quantitative estimate of drug-likeness (QED) is 0.825. The Morgan fingerprint density at radius 3 is 2.44 bits per heavy atom. The standard InChI is InChI=1S/C19H20F2N2O3S/c20-19(21)10-8-16(9-11-19)26-15-6-4-13(5-7-15)17-3-1-2-14-12-22-27(24,25)23-18(14)17/h1-7,16,22-23H,8-12H2. The molecule has 0 radical (unpaired) electrons. The van der Waals surface area contributed by atoms with Gasteiger partial charge in [0.2, 0.25) is 5.92 Å². The van der Waals surface area contributed by atoms with E-state index in [1.165, 1.54) is 0 Å². The second-order valence-electron chi connectivity index (χ2n) is 6.96. The lowest BCUT2D eigenvalue weighted by molar-refractivity contribution is -0.0582. The van der Waals surface area contributed by atoms with Crippen molar-refractivity contribution in [1.82, 2.24) is 4.72 Å². The smallest absolute Gasteiger partial charge is 0.299 e. The molecule has 1 fully saturated rings. The molecule has 144 valence electrons. The van der Waals surface area contributed by atoms with Crippen molar-refractivity contribution >= 4 is 15.9 Å². The molecule has 2 aliphatic rings. The van der Waals surface area contributed by atoms with E-state index in [-0.39, 0.29) is 25.5 Å². The van der Waals surface area contributed by atoms with Crippen LogP contribution in [0.5, 0.6) is 5.75 Å². The van der Waals surface area contributed by atoms with Gasteiger partial charge in [0.1, 0.15) is 5.75 Å². The van der Waals surface area contributed by atoms with Gasteiger partial charge in [-0.1, -0.05) is 30.3 Å². The first-order chi connectivity index (χ1) is 12.8. The van der Waals surface area contributed by atoms with Crippen LogP contribution in [0.4, 0.5) is 14.5 Å². The van der Waals surface area contributed by atoms with Gasteiger partial charge in [0.25, 0.3) is 10.2 Å². The van der Waals surface area contributed by atoms with Crippen molar-refractivity contribution in [2.45, 2.75) is 44.3 Å². The Morgan fingerprint density at radius 1 is 1.04 bits per heavy atom. The van der Waals surface area contributed by atoms with E-state index in [2.05, 4.69) is 9.44 Å². The number of alkyl halides is 2. The van der Waals surface area contributed by atoms with Gasteiger partial charge in [-0.25, -0.2) is 8.78 Å². The molecular weight excluding hydrogens is 374 g/mol. The fourth-order valence-electron chi connectivity index (χ4n) is 3.49. The van der Waals surface area contributed by atoms with Crippen LogP contribution in [0.25, 0.3) is 11.1 Å². The number of halogens is 2. The summed E-state index contributed by atoms with van der Waals surface area (Å²) in [4.78, 5) is 0. The van der Waals surface area contributed by atoms with E-state index < -0.39 is 16.1 Å². The van der Waals surface area contributed by atoms with E-state index in [1.54, 1.807) is 12.1 Å². The minimum absolute atomic E-state index is 0.139. The Hall–Kier alpha value is -2.19. The summed E-state index contributed by atoms with van der Waals surface area (Å²) in [5.74, 6) is -1.95. The number of fused-ring (bicyclic) bond motifs is 1. The first kappa shape index (κ1) is 18.2. The second-order valence-corrected chi connectivity index (χ2v) is 8.46. The third kappa shape index (κ3) is 4.06. The van der Waals surface area contributed by atoms with Crippen LogP contribution < -0.4 is 14.2 Å². The molecule has 5 nitrogen and oxygen atoms in total. The molecule has 1 aliphatic carbocycles. The highest BCUT2D eigenvalue weighted by Crippen LogP contribution is 2.36. The molecule has 1 aliphatic heterocycles. The van der Waals surface area contributed by atoms with E-state index in [4.69, 9.17) is 4.74 Å². The van der Waals surface area contributed by atoms with Crippen molar-refractivity contribution < 1.29 is 21.9 Å². The Morgan fingerprint density at radius 2 is 1.74 bits per heavy atom. The van der Waals surface area contributed by atoms with Crippen molar-refractivity contribution in [3.8, 4) is 16.9 Å². The van der Waals surface area contributed by atoms with Crippen molar-refractivity contribution in [2.24, 2.45) is 0 Å². The lowest BCUT2D eigenvalue weighted by Gasteiger charge is -2.28. The maximum Gasteiger partial charge on any atom is 0.299 e. The van der Waals surface area contributed by atoms with Crippen LogP contribution in [-0.2, 0) is 16.8 Å². The molecular formula is C19H20F2N2O3S. The maximum absolute atomic E-state index is 13.2. The topological polar surface area (TPSA) is 67.4 Å². The summed E-state index contributed by atoms with van der Waals surface area (Å²) in [6.07, 6.45) is 0.212.